The zero-order chi connectivity index (χ0) is 18.2. The molecule has 0 saturated carbocycles. The van der Waals surface area contributed by atoms with Gasteiger partial charge in [-0.25, -0.2) is 4.39 Å². The second-order valence-corrected chi connectivity index (χ2v) is 6.53. The minimum atomic E-state index is -0.240. The highest BCUT2D eigenvalue weighted by Crippen LogP contribution is 2.24. The second-order valence-electron chi connectivity index (χ2n) is 6.53. The van der Waals surface area contributed by atoms with Gasteiger partial charge in [0, 0.05) is 6.54 Å². The minimum Gasteiger partial charge on any atom is -0.493 e. The summed E-state index contributed by atoms with van der Waals surface area (Å²) in [6.07, 6.45) is 2.64. The quantitative estimate of drug-likeness (QED) is 0.786. The van der Waals surface area contributed by atoms with Gasteiger partial charge in [0.15, 0.2) is 0 Å². The van der Waals surface area contributed by atoms with Crippen LogP contribution < -0.4 is 10.1 Å². The molecule has 26 heavy (non-hydrogen) atoms. The summed E-state index contributed by atoms with van der Waals surface area (Å²) in [5.41, 5.74) is 1.04. The van der Waals surface area contributed by atoms with Gasteiger partial charge in [-0.1, -0.05) is 30.3 Å². The first-order valence-electron chi connectivity index (χ1n) is 9.16. The third-order valence-corrected chi connectivity index (χ3v) is 4.67. The number of nitrogens with one attached hydrogen (secondary N) is 1. The van der Waals surface area contributed by atoms with Gasteiger partial charge < -0.3 is 10.1 Å². The zero-order valence-corrected chi connectivity index (χ0v) is 14.9. The summed E-state index contributed by atoms with van der Waals surface area (Å²) < 4.78 is 18.8. The fourth-order valence-electron chi connectivity index (χ4n) is 3.27. The highest BCUT2D eigenvalue weighted by molar-refractivity contribution is 5.76. The van der Waals surface area contributed by atoms with E-state index in [0.29, 0.717) is 19.6 Å². The summed E-state index contributed by atoms with van der Waals surface area (Å²) in [6, 6.07) is 16.1. The summed E-state index contributed by atoms with van der Waals surface area (Å²) in [4.78, 5) is 14.5. The smallest absolute Gasteiger partial charge is 0.223 e. The molecule has 1 aliphatic rings. The van der Waals surface area contributed by atoms with E-state index in [9.17, 15) is 9.18 Å². The van der Waals surface area contributed by atoms with Crippen LogP contribution in [0.4, 0.5) is 4.39 Å². The third-order valence-electron chi connectivity index (χ3n) is 4.67. The Labute approximate surface area is 154 Å². The van der Waals surface area contributed by atoms with Crippen molar-refractivity contribution in [3.63, 3.8) is 0 Å². The highest BCUT2D eigenvalue weighted by atomic mass is 19.1. The lowest BCUT2D eigenvalue weighted by atomic mass is 10.1. The van der Waals surface area contributed by atoms with Crippen LogP contribution in [0.2, 0.25) is 0 Å². The van der Waals surface area contributed by atoms with Gasteiger partial charge in [0.25, 0.3) is 0 Å². The molecule has 1 heterocycles. The van der Waals surface area contributed by atoms with Crippen LogP contribution in [0.5, 0.6) is 5.75 Å². The largest absolute Gasteiger partial charge is 0.493 e. The van der Waals surface area contributed by atoms with Gasteiger partial charge in [-0.05, 0) is 55.8 Å². The molecule has 1 saturated heterocycles. The number of likely N-dealkylation sites (tertiary alicyclic amines) is 1. The van der Waals surface area contributed by atoms with Gasteiger partial charge in [-0.15, -0.1) is 0 Å². The number of carbonyl (C=O) groups excluding carboxylic acids is 1. The fraction of sp³-hybridized carbons (Fsp3) is 0.381. The number of para-hydroxylation sites is 1. The first-order valence-corrected chi connectivity index (χ1v) is 9.16. The molecule has 1 amide bonds. The molecule has 0 spiro atoms. The van der Waals surface area contributed by atoms with Crippen LogP contribution in [0.3, 0.4) is 0 Å². The van der Waals surface area contributed by atoms with Crippen molar-refractivity contribution in [3.8, 4) is 5.75 Å². The summed E-state index contributed by atoms with van der Waals surface area (Å²) >= 11 is 0. The van der Waals surface area contributed by atoms with Gasteiger partial charge in [0.05, 0.1) is 19.1 Å². The molecule has 1 fully saturated rings. The van der Waals surface area contributed by atoms with E-state index in [0.717, 1.165) is 37.2 Å². The van der Waals surface area contributed by atoms with Crippen molar-refractivity contribution in [2.45, 2.75) is 25.3 Å². The fourth-order valence-corrected chi connectivity index (χ4v) is 3.27. The van der Waals surface area contributed by atoms with Gasteiger partial charge in [-0.3, -0.25) is 9.69 Å². The molecule has 0 bridgehead atoms. The maximum Gasteiger partial charge on any atom is 0.223 e. The molecule has 0 aromatic heterocycles. The zero-order valence-electron chi connectivity index (χ0n) is 14.9. The second kappa shape index (κ2) is 9.34. The van der Waals surface area contributed by atoms with Crippen LogP contribution in [-0.4, -0.2) is 37.0 Å². The van der Waals surface area contributed by atoms with E-state index in [1.54, 1.807) is 0 Å². The van der Waals surface area contributed by atoms with E-state index in [1.165, 1.54) is 12.1 Å². The van der Waals surface area contributed by atoms with E-state index in [2.05, 4.69) is 10.2 Å². The first-order chi connectivity index (χ1) is 12.7. The molecule has 2 aromatic rings. The van der Waals surface area contributed by atoms with Crippen molar-refractivity contribution in [2.75, 3.05) is 26.2 Å². The average molecular weight is 356 g/mol. The number of ether oxygens (including phenoxy) is 1. The molecule has 2 aromatic carbocycles. The normalized spacial score (nSPS) is 15.6. The Bertz CT molecular complexity index is 685. The van der Waals surface area contributed by atoms with Crippen LogP contribution in [0.1, 0.15) is 30.9 Å². The number of hydrogen-bond acceptors (Lipinski definition) is 3. The van der Waals surface area contributed by atoms with E-state index in [4.69, 9.17) is 4.74 Å². The van der Waals surface area contributed by atoms with Gasteiger partial charge in [-0.2, -0.15) is 0 Å². The number of carbonyl (C=O) groups is 1. The van der Waals surface area contributed by atoms with Crippen molar-refractivity contribution in [3.05, 3.63) is 66.0 Å². The molecule has 138 valence electrons. The Morgan fingerprint density at radius 3 is 2.46 bits per heavy atom. The number of rotatable bonds is 8. The molecule has 0 radical (unpaired) electrons. The monoisotopic (exact) mass is 356 g/mol. The molecule has 4 nitrogen and oxygen atoms in total. The maximum atomic E-state index is 13.2. The molecular weight excluding hydrogens is 331 g/mol. The average Bonchev–Trinajstić information content (AvgIpc) is 3.19. The third kappa shape index (κ3) is 5.30. The molecule has 0 unspecified atom stereocenters. The molecule has 3 rings (SSSR count). The number of hydrogen-bond donors (Lipinski definition) is 1. The van der Waals surface area contributed by atoms with E-state index < -0.39 is 0 Å². The first kappa shape index (κ1) is 18.4. The summed E-state index contributed by atoms with van der Waals surface area (Å²) in [6.45, 7) is 2.89. The molecule has 0 aliphatic carbocycles. The number of benzene rings is 2. The van der Waals surface area contributed by atoms with Crippen LogP contribution in [0.15, 0.2) is 54.6 Å². The van der Waals surface area contributed by atoms with Crippen molar-refractivity contribution in [1.82, 2.24) is 10.2 Å². The minimum absolute atomic E-state index is 0.0350. The summed E-state index contributed by atoms with van der Waals surface area (Å²) in [5, 5.41) is 3.00. The van der Waals surface area contributed by atoms with Crippen LogP contribution >= 0.6 is 0 Å². The van der Waals surface area contributed by atoms with Gasteiger partial charge in [0.1, 0.15) is 11.6 Å². The molecule has 5 heteroatoms. The predicted octanol–water partition coefficient (Wildman–Crippen LogP) is 3.55. The lowest BCUT2D eigenvalue weighted by molar-refractivity contribution is -0.121. The van der Waals surface area contributed by atoms with Crippen molar-refractivity contribution < 1.29 is 13.9 Å². The van der Waals surface area contributed by atoms with Crippen LogP contribution in [0.25, 0.3) is 0 Å². The molecule has 1 N–H and O–H groups in total. The highest BCUT2D eigenvalue weighted by Gasteiger charge is 2.23. The Hall–Kier alpha value is -2.40. The molecule has 1 aliphatic heterocycles. The number of halogens is 1. The van der Waals surface area contributed by atoms with Crippen molar-refractivity contribution >= 4 is 5.91 Å². The number of nitrogens with zero attached hydrogens (tertiary/aromatic N) is 1. The Kier molecular flexibility index (Phi) is 6.61. The topological polar surface area (TPSA) is 41.6 Å². The van der Waals surface area contributed by atoms with Gasteiger partial charge >= 0.3 is 0 Å². The van der Waals surface area contributed by atoms with Crippen LogP contribution in [0, 0.1) is 5.82 Å². The Balaban J connectivity index is 1.50. The predicted molar refractivity (Wildman–Crippen MR) is 99.5 cm³/mol. The molecular formula is C21H25FN2O2. The van der Waals surface area contributed by atoms with Crippen molar-refractivity contribution in [2.24, 2.45) is 0 Å². The Morgan fingerprint density at radius 1 is 1.08 bits per heavy atom. The molecule has 1 atom stereocenters. The van der Waals surface area contributed by atoms with E-state index in [1.807, 2.05) is 42.5 Å². The van der Waals surface area contributed by atoms with Crippen LogP contribution in [-0.2, 0) is 4.79 Å². The Morgan fingerprint density at radius 2 is 1.77 bits per heavy atom. The SMILES string of the molecule is O=C(CCOc1ccccc1)NC[C@H](c1ccc(F)cc1)N1CCCC1. The lowest BCUT2D eigenvalue weighted by Crippen LogP contribution is -2.37. The van der Waals surface area contributed by atoms with E-state index in [-0.39, 0.29) is 17.8 Å². The number of amides is 1. The lowest BCUT2D eigenvalue weighted by Gasteiger charge is -2.28. The maximum absolute atomic E-state index is 13.2. The van der Waals surface area contributed by atoms with Crippen molar-refractivity contribution in [1.29, 1.82) is 0 Å². The summed E-state index contributed by atoms with van der Waals surface area (Å²) in [7, 11) is 0. The standard InChI is InChI=1S/C21H25FN2O2/c22-18-10-8-17(9-11-18)20(24-13-4-5-14-24)16-23-21(25)12-15-26-19-6-2-1-3-7-19/h1-3,6-11,20H,4-5,12-16H2,(H,23,25)/t20-/m1/s1. The van der Waals surface area contributed by atoms with E-state index >= 15 is 0 Å². The summed E-state index contributed by atoms with van der Waals surface area (Å²) in [5.74, 6) is 0.491. The van der Waals surface area contributed by atoms with Gasteiger partial charge in [0.2, 0.25) is 5.91 Å².